The average Bonchev–Trinajstić information content (AvgIpc) is 2.16. The van der Waals surface area contributed by atoms with Crippen LogP contribution < -0.4 is 0 Å². The van der Waals surface area contributed by atoms with Gasteiger partial charge in [0.1, 0.15) is 5.75 Å². The maximum absolute atomic E-state index is 11.6. The van der Waals surface area contributed by atoms with Gasteiger partial charge in [0.15, 0.2) is 5.78 Å². The summed E-state index contributed by atoms with van der Waals surface area (Å²) in [5.41, 5.74) is 2.43. The largest absolute Gasteiger partial charge is 0.508 e. The molecule has 0 atom stereocenters. The van der Waals surface area contributed by atoms with Crippen LogP contribution >= 0.6 is 0 Å². The Morgan fingerprint density at radius 1 is 1.40 bits per heavy atom. The van der Waals surface area contributed by atoms with E-state index in [1.165, 1.54) is 0 Å². The summed E-state index contributed by atoms with van der Waals surface area (Å²) in [4.78, 5) is 11.6. The Morgan fingerprint density at radius 3 is 2.47 bits per heavy atom. The van der Waals surface area contributed by atoms with Crippen LogP contribution in [0.25, 0.3) is 0 Å². The molecular weight excluding hydrogens is 188 g/mol. The summed E-state index contributed by atoms with van der Waals surface area (Å²) >= 11 is 0. The second kappa shape index (κ2) is 4.47. The van der Waals surface area contributed by atoms with Gasteiger partial charge in [-0.25, -0.2) is 0 Å². The molecule has 0 aromatic heterocycles. The summed E-state index contributed by atoms with van der Waals surface area (Å²) in [5.74, 6) is 0.651. The van der Waals surface area contributed by atoms with Crippen LogP contribution in [0.3, 0.4) is 0 Å². The van der Waals surface area contributed by atoms with Crippen LogP contribution in [0, 0.1) is 6.92 Å². The van der Waals surface area contributed by atoms with E-state index in [9.17, 15) is 9.90 Å². The number of phenols is 1. The molecule has 0 radical (unpaired) electrons. The molecule has 2 nitrogen and oxygen atoms in total. The topological polar surface area (TPSA) is 37.3 Å². The molecule has 0 fully saturated rings. The van der Waals surface area contributed by atoms with Crippen LogP contribution in [0.4, 0.5) is 0 Å². The van der Waals surface area contributed by atoms with E-state index in [1.807, 2.05) is 33.8 Å². The number of ketones is 1. The third-order valence-electron chi connectivity index (χ3n) is 2.62. The number of carbonyl (C=O) groups excluding carboxylic acids is 1. The Hall–Kier alpha value is -1.31. The van der Waals surface area contributed by atoms with Crippen LogP contribution in [-0.2, 0) is 0 Å². The highest BCUT2D eigenvalue weighted by molar-refractivity contribution is 5.97. The van der Waals surface area contributed by atoms with E-state index in [1.54, 1.807) is 6.07 Å². The van der Waals surface area contributed by atoms with Gasteiger partial charge < -0.3 is 5.11 Å². The summed E-state index contributed by atoms with van der Waals surface area (Å²) in [7, 11) is 0. The van der Waals surface area contributed by atoms with Gasteiger partial charge in [0.05, 0.1) is 0 Å². The van der Waals surface area contributed by atoms with Crippen molar-refractivity contribution in [2.45, 2.75) is 40.0 Å². The van der Waals surface area contributed by atoms with Crippen molar-refractivity contribution in [3.05, 3.63) is 28.8 Å². The van der Waals surface area contributed by atoms with Crippen molar-refractivity contribution in [3.8, 4) is 5.75 Å². The minimum atomic E-state index is 0.134. The molecule has 0 amide bonds. The standard InChI is InChI=1S/C13H18O2/c1-5-12(14)11-7-10(8(2)3)13(15)6-9(11)4/h6-8,15H,5H2,1-4H3. The smallest absolute Gasteiger partial charge is 0.162 e. The lowest BCUT2D eigenvalue weighted by molar-refractivity contribution is 0.0987. The van der Waals surface area contributed by atoms with E-state index >= 15 is 0 Å². The Morgan fingerprint density at radius 2 is 2.00 bits per heavy atom. The number of rotatable bonds is 3. The molecule has 1 rings (SSSR count). The molecule has 0 spiro atoms. The van der Waals surface area contributed by atoms with Gasteiger partial charge in [-0.2, -0.15) is 0 Å². The molecule has 0 aliphatic heterocycles. The van der Waals surface area contributed by atoms with Crippen LogP contribution in [0.5, 0.6) is 5.75 Å². The highest BCUT2D eigenvalue weighted by Gasteiger charge is 2.13. The number of Topliss-reactive ketones (excluding diaryl/α,β-unsaturated/α-hetero) is 1. The lowest BCUT2D eigenvalue weighted by Gasteiger charge is -2.12. The summed E-state index contributed by atoms with van der Waals surface area (Å²) in [6, 6.07) is 3.50. The fourth-order valence-electron chi connectivity index (χ4n) is 1.66. The average molecular weight is 206 g/mol. The Kier molecular flexibility index (Phi) is 3.51. The first-order chi connectivity index (χ1) is 6.97. The van der Waals surface area contributed by atoms with E-state index in [2.05, 4.69) is 0 Å². The second-order valence-corrected chi connectivity index (χ2v) is 4.16. The first-order valence-corrected chi connectivity index (χ1v) is 5.34. The van der Waals surface area contributed by atoms with Gasteiger partial charge in [-0.05, 0) is 36.1 Å². The fraction of sp³-hybridized carbons (Fsp3) is 0.462. The molecule has 0 aliphatic carbocycles. The van der Waals surface area contributed by atoms with Gasteiger partial charge in [0.2, 0.25) is 0 Å². The number of benzene rings is 1. The maximum Gasteiger partial charge on any atom is 0.162 e. The molecule has 15 heavy (non-hydrogen) atoms. The zero-order valence-corrected chi connectivity index (χ0v) is 9.79. The Labute approximate surface area is 90.9 Å². The molecule has 82 valence electrons. The molecule has 1 aromatic carbocycles. The van der Waals surface area contributed by atoms with Crippen molar-refractivity contribution < 1.29 is 9.90 Å². The molecule has 1 N–H and O–H groups in total. The molecule has 2 heteroatoms. The summed E-state index contributed by atoms with van der Waals surface area (Å²) in [5, 5.41) is 9.73. The van der Waals surface area contributed by atoms with Crippen LogP contribution in [0.1, 0.15) is 54.6 Å². The minimum absolute atomic E-state index is 0.134. The molecule has 0 heterocycles. The lowest BCUT2D eigenvalue weighted by Crippen LogP contribution is -2.02. The normalized spacial score (nSPS) is 10.7. The number of carbonyl (C=O) groups is 1. The van der Waals surface area contributed by atoms with E-state index in [4.69, 9.17) is 0 Å². The van der Waals surface area contributed by atoms with Gasteiger partial charge in [-0.3, -0.25) is 4.79 Å². The zero-order chi connectivity index (χ0) is 11.6. The Bertz CT molecular complexity index is 378. The highest BCUT2D eigenvalue weighted by atomic mass is 16.3. The van der Waals surface area contributed by atoms with Gasteiger partial charge in [0, 0.05) is 12.0 Å². The molecule has 0 unspecified atom stereocenters. The van der Waals surface area contributed by atoms with Crippen molar-refractivity contribution in [2.24, 2.45) is 0 Å². The second-order valence-electron chi connectivity index (χ2n) is 4.16. The first kappa shape index (κ1) is 11.8. The molecule has 1 aromatic rings. The van der Waals surface area contributed by atoms with Crippen molar-refractivity contribution in [2.75, 3.05) is 0 Å². The van der Waals surface area contributed by atoms with Crippen LogP contribution in [-0.4, -0.2) is 10.9 Å². The highest BCUT2D eigenvalue weighted by Crippen LogP contribution is 2.29. The third-order valence-corrected chi connectivity index (χ3v) is 2.62. The molecular formula is C13H18O2. The van der Waals surface area contributed by atoms with Crippen LogP contribution in [0.15, 0.2) is 12.1 Å². The zero-order valence-electron chi connectivity index (χ0n) is 9.79. The van der Waals surface area contributed by atoms with Crippen molar-refractivity contribution >= 4 is 5.78 Å². The number of aryl methyl sites for hydroxylation is 1. The monoisotopic (exact) mass is 206 g/mol. The quantitative estimate of drug-likeness (QED) is 0.769. The van der Waals surface area contributed by atoms with Crippen LogP contribution in [0.2, 0.25) is 0 Å². The molecule has 0 bridgehead atoms. The van der Waals surface area contributed by atoms with Crippen molar-refractivity contribution in [1.82, 2.24) is 0 Å². The predicted molar refractivity (Wildman–Crippen MR) is 61.6 cm³/mol. The van der Waals surface area contributed by atoms with Gasteiger partial charge >= 0.3 is 0 Å². The third kappa shape index (κ3) is 2.38. The molecule has 0 saturated heterocycles. The first-order valence-electron chi connectivity index (χ1n) is 5.34. The summed E-state index contributed by atoms with van der Waals surface area (Å²) in [6.07, 6.45) is 0.503. The van der Waals surface area contributed by atoms with Gasteiger partial charge in [-0.15, -0.1) is 0 Å². The van der Waals surface area contributed by atoms with Crippen molar-refractivity contribution in [1.29, 1.82) is 0 Å². The number of hydrogen-bond acceptors (Lipinski definition) is 2. The number of phenolic OH excluding ortho intramolecular Hbond substituents is 1. The van der Waals surface area contributed by atoms with E-state index in [-0.39, 0.29) is 17.5 Å². The summed E-state index contributed by atoms with van der Waals surface area (Å²) < 4.78 is 0. The molecule has 0 saturated carbocycles. The SMILES string of the molecule is CCC(=O)c1cc(C(C)C)c(O)cc1C. The van der Waals surface area contributed by atoms with E-state index < -0.39 is 0 Å². The number of aromatic hydroxyl groups is 1. The minimum Gasteiger partial charge on any atom is -0.508 e. The summed E-state index contributed by atoms with van der Waals surface area (Å²) in [6.45, 7) is 7.71. The lowest BCUT2D eigenvalue weighted by atomic mass is 9.94. The maximum atomic E-state index is 11.6. The Balaban J connectivity index is 3.29. The molecule has 0 aliphatic rings. The van der Waals surface area contributed by atoms with Crippen molar-refractivity contribution in [3.63, 3.8) is 0 Å². The number of hydrogen-bond donors (Lipinski definition) is 1. The predicted octanol–water partition coefficient (Wildman–Crippen LogP) is 3.42. The van der Waals surface area contributed by atoms with E-state index in [0.717, 1.165) is 16.7 Å². The van der Waals surface area contributed by atoms with Gasteiger partial charge in [-0.1, -0.05) is 20.8 Å². The van der Waals surface area contributed by atoms with Gasteiger partial charge in [0.25, 0.3) is 0 Å². The van der Waals surface area contributed by atoms with E-state index in [0.29, 0.717) is 6.42 Å². The fourth-order valence-corrected chi connectivity index (χ4v) is 1.66.